The molecule has 6 nitrogen and oxygen atoms in total. The SMILES string of the molecule is COc1cc(OC)c(OC)cc1CN1CCC(OC)CC1CN.Cl. The zero-order chi connectivity index (χ0) is 16.8. The fraction of sp³-hybridized carbons (Fsp3) is 0.647. The third-order valence-corrected chi connectivity index (χ3v) is 4.56. The molecule has 1 aromatic carbocycles. The van der Waals surface area contributed by atoms with Crippen molar-refractivity contribution in [3.05, 3.63) is 17.7 Å². The normalized spacial score (nSPS) is 21.0. The Hall–Kier alpha value is -1.21. The Kier molecular flexibility index (Phi) is 8.62. The highest BCUT2D eigenvalue weighted by atomic mass is 35.5. The number of piperidine rings is 1. The van der Waals surface area contributed by atoms with E-state index in [0.29, 0.717) is 30.2 Å². The minimum absolute atomic E-state index is 0. The third kappa shape index (κ3) is 4.66. The Balaban J connectivity index is 0.00000288. The van der Waals surface area contributed by atoms with Crippen LogP contribution in [0.5, 0.6) is 17.2 Å². The van der Waals surface area contributed by atoms with E-state index in [1.807, 2.05) is 12.1 Å². The smallest absolute Gasteiger partial charge is 0.164 e. The molecule has 1 heterocycles. The van der Waals surface area contributed by atoms with E-state index in [-0.39, 0.29) is 12.4 Å². The molecular formula is C17H29ClN2O4. The molecule has 0 aromatic heterocycles. The summed E-state index contributed by atoms with van der Waals surface area (Å²) in [4.78, 5) is 2.39. The van der Waals surface area contributed by atoms with Gasteiger partial charge in [-0.1, -0.05) is 0 Å². The van der Waals surface area contributed by atoms with Gasteiger partial charge in [0.25, 0.3) is 0 Å². The van der Waals surface area contributed by atoms with E-state index in [1.165, 1.54) is 0 Å². The molecule has 2 N–H and O–H groups in total. The molecule has 0 saturated carbocycles. The first-order valence-corrected chi connectivity index (χ1v) is 7.92. The summed E-state index contributed by atoms with van der Waals surface area (Å²) in [6, 6.07) is 4.16. The molecule has 1 aromatic rings. The number of halogens is 1. The lowest BCUT2D eigenvalue weighted by Crippen LogP contribution is -2.48. The second-order valence-corrected chi connectivity index (χ2v) is 5.76. The van der Waals surface area contributed by atoms with Gasteiger partial charge in [0.1, 0.15) is 5.75 Å². The molecule has 2 rings (SSSR count). The summed E-state index contributed by atoms with van der Waals surface area (Å²) < 4.78 is 21.8. The van der Waals surface area contributed by atoms with E-state index in [9.17, 15) is 0 Å². The summed E-state index contributed by atoms with van der Waals surface area (Å²) in [5, 5.41) is 0. The summed E-state index contributed by atoms with van der Waals surface area (Å²) in [5.41, 5.74) is 7.03. The molecule has 1 aliphatic heterocycles. The van der Waals surface area contributed by atoms with Crippen LogP contribution in [0.15, 0.2) is 12.1 Å². The van der Waals surface area contributed by atoms with Crippen LogP contribution in [0.25, 0.3) is 0 Å². The highest BCUT2D eigenvalue weighted by molar-refractivity contribution is 5.85. The van der Waals surface area contributed by atoms with Crippen LogP contribution < -0.4 is 19.9 Å². The Bertz CT molecular complexity index is 516. The van der Waals surface area contributed by atoms with E-state index in [4.69, 9.17) is 24.7 Å². The maximum absolute atomic E-state index is 5.96. The molecule has 2 unspecified atom stereocenters. The monoisotopic (exact) mass is 360 g/mol. The number of methoxy groups -OCH3 is 4. The molecular weight excluding hydrogens is 332 g/mol. The van der Waals surface area contributed by atoms with Crippen molar-refractivity contribution < 1.29 is 18.9 Å². The summed E-state index contributed by atoms with van der Waals surface area (Å²) in [6.07, 6.45) is 2.28. The van der Waals surface area contributed by atoms with Crippen molar-refractivity contribution in [1.29, 1.82) is 0 Å². The Morgan fingerprint density at radius 1 is 1.04 bits per heavy atom. The fourth-order valence-electron chi connectivity index (χ4n) is 3.17. The molecule has 1 fully saturated rings. The van der Waals surface area contributed by atoms with E-state index < -0.39 is 0 Å². The quantitative estimate of drug-likeness (QED) is 0.803. The zero-order valence-electron chi connectivity index (χ0n) is 14.9. The summed E-state index contributed by atoms with van der Waals surface area (Å²) in [7, 11) is 6.70. The van der Waals surface area contributed by atoms with Gasteiger partial charge < -0.3 is 24.7 Å². The van der Waals surface area contributed by atoms with E-state index in [0.717, 1.165) is 37.2 Å². The Labute approximate surface area is 150 Å². The second-order valence-electron chi connectivity index (χ2n) is 5.76. The van der Waals surface area contributed by atoms with Crippen LogP contribution in [0.4, 0.5) is 0 Å². The molecule has 2 atom stereocenters. The maximum atomic E-state index is 5.96. The molecule has 0 radical (unpaired) electrons. The number of nitrogens with two attached hydrogens (primary N) is 1. The van der Waals surface area contributed by atoms with Crippen LogP contribution >= 0.6 is 12.4 Å². The average Bonchev–Trinajstić information content (AvgIpc) is 2.61. The first-order valence-electron chi connectivity index (χ1n) is 7.92. The van der Waals surface area contributed by atoms with Crippen LogP contribution in [0.1, 0.15) is 18.4 Å². The minimum Gasteiger partial charge on any atom is -0.496 e. The molecule has 24 heavy (non-hydrogen) atoms. The first kappa shape index (κ1) is 20.8. The van der Waals surface area contributed by atoms with Crippen molar-refractivity contribution in [2.45, 2.75) is 31.5 Å². The van der Waals surface area contributed by atoms with Crippen LogP contribution in [-0.2, 0) is 11.3 Å². The zero-order valence-corrected chi connectivity index (χ0v) is 15.7. The van der Waals surface area contributed by atoms with Crippen molar-refractivity contribution in [3.63, 3.8) is 0 Å². The Morgan fingerprint density at radius 2 is 1.67 bits per heavy atom. The largest absolute Gasteiger partial charge is 0.496 e. The van der Waals surface area contributed by atoms with E-state index in [1.54, 1.807) is 28.4 Å². The van der Waals surface area contributed by atoms with Gasteiger partial charge in [0.05, 0.1) is 27.4 Å². The van der Waals surface area contributed by atoms with Crippen molar-refractivity contribution in [2.75, 3.05) is 41.5 Å². The molecule has 0 spiro atoms. The number of hydrogen-bond acceptors (Lipinski definition) is 6. The number of benzene rings is 1. The average molecular weight is 361 g/mol. The van der Waals surface area contributed by atoms with Gasteiger partial charge in [0.15, 0.2) is 11.5 Å². The molecule has 0 aliphatic carbocycles. The van der Waals surface area contributed by atoms with E-state index >= 15 is 0 Å². The summed E-state index contributed by atoms with van der Waals surface area (Å²) in [5.74, 6) is 2.17. The summed E-state index contributed by atoms with van der Waals surface area (Å²) in [6.45, 7) is 2.34. The lowest BCUT2D eigenvalue weighted by atomic mass is 9.98. The molecule has 138 valence electrons. The lowest BCUT2D eigenvalue weighted by molar-refractivity contribution is 0.00997. The lowest BCUT2D eigenvalue weighted by Gasteiger charge is -2.38. The fourth-order valence-corrected chi connectivity index (χ4v) is 3.17. The van der Waals surface area contributed by atoms with Gasteiger partial charge >= 0.3 is 0 Å². The van der Waals surface area contributed by atoms with Crippen LogP contribution in [-0.4, -0.2) is 58.6 Å². The third-order valence-electron chi connectivity index (χ3n) is 4.56. The van der Waals surface area contributed by atoms with Gasteiger partial charge in [-0.2, -0.15) is 0 Å². The van der Waals surface area contributed by atoms with Crippen molar-refractivity contribution in [2.24, 2.45) is 5.73 Å². The molecule has 7 heteroatoms. The number of hydrogen-bond donors (Lipinski definition) is 1. The highest BCUT2D eigenvalue weighted by Crippen LogP contribution is 2.36. The number of ether oxygens (including phenoxy) is 4. The standard InChI is InChI=1S/C17H28N2O4.ClH/c1-20-14-5-6-19(13(8-14)10-18)11-12-7-16(22-3)17(23-4)9-15(12)21-2;/h7,9,13-14H,5-6,8,10-11,18H2,1-4H3;1H. The van der Waals surface area contributed by atoms with Gasteiger partial charge in [-0.3, -0.25) is 4.90 Å². The number of rotatable bonds is 7. The minimum atomic E-state index is 0. The van der Waals surface area contributed by atoms with Gasteiger partial charge in [0.2, 0.25) is 0 Å². The maximum Gasteiger partial charge on any atom is 0.164 e. The van der Waals surface area contributed by atoms with E-state index in [2.05, 4.69) is 4.90 Å². The number of nitrogens with zero attached hydrogens (tertiary/aromatic N) is 1. The summed E-state index contributed by atoms with van der Waals surface area (Å²) >= 11 is 0. The van der Waals surface area contributed by atoms with Crippen molar-refractivity contribution >= 4 is 12.4 Å². The number of likely N-dealkylation sites (tertiary alicyclic amines) is 1. The predicted octanol–water partition coefficient (Wildman–Crippen LogP) is 2.07. The highest BCUT2D eigenvalue weighted by Gasteiger charge is 2.28. The second kappa shape index (κ2) is 9.93. The Morgan fingerprint density at radius 3 is 2.21 bits per heavy atom. The van der Waals surface area contributed by atoms with Crippen molar-refractivity contribution in [1.82, 2.24) is 4.90 Å². The first-order chi connectivity index (χ1) is 11.2. The van der Waals surface area contributed by atoms with Gasteiger partial charge in [-0.05, 0) is 18.9 Å². The molecule has 1 saturated heterocycles. The topological polar surface area (TPSA) is 66.2 Å². The predicted molar refractivity (Wildman–Crippen MR) is 96.6 cm³/mol. The van der Waals surface area contributed by atoms with Gasteiger partial charge in [0, 0.05) is 44.4 Å². The van der Waals surface area contributed by atoms with Gasteiger partial charge in [-0.25, -0.2) is 0 Å². The molecule has 0 amide bonds. The molecule has 1 aliphatic rings. The van der Waals surface area contributed by atoms with Gasteiger partial charge in [-0.15, -0.1) is 12.4 Å². The van der Waals surface area contributed by atoms with Crippen LogP contribution in [0, 0.1) is 0 Å². The van der Waals surface area contributed by atoms with Crippen LogP contribution in [0.3, 0.4) is 0 Å². The molecule has 0 bridgehead atoms. The van der Waals surface area contributed by atoms with Crippen molar-refractivity contribution in [3.8, 4) is 17.2 Å². The van der Waals surface area contributed by atoms with Crippen LogP contribution in [0.2, 0.25) is 0 Å².